The Hall–Kier alpha value is -1.55. The van der Waals surface area contributed by atoms with E-state index in [1.807, 2.05) is 0 Å². The van der Waals surface area contributed by atoms with Gasteiger partial charge < -0.3 is 9.52 Å². The summed E-state index contributed by atoms with van der Waals surface area (Å²) < 4.78 is 5.09. The van der Waals surface area contributed by atoms with Gasteiger partial charge in [0.1, 0.15) is 5.52 Å². The van der Waals surface area contributed by atoms with Crippen LogP contribution in [0.3, 0.4) is 0 Å². The molecule has 1 aromatic carbocycles. The maximum absolute atomic E-state index is 10.8. The van der Waals surface area contributed by atoms with Gasteiger partial charge in [-0.2, -0.15) is 0 Å². The number of benzene rings is 1. The minimum absolute atomic E-state index is 0.386. The number of nitrogens with zero attached hydrogens (tertiary/aromatic N) is 1. The van der Waals surface area contributed by atoms with Crippen molar-refractivity contribution < 1.29 is 14.3 Å². The molecular weight excluding hydrogens is 230 g/mol. The monoisotopic (exact) mass is 239 g/mol. The van der Waals surface area contributed by atoms with Crippen molar-refractivity contribution in [3.63, 3.8) is 0 Å². The van der Waals surface area contributed by atoms with Crippen molar-refractivity contribution >= 4 is 28.7 Å². The molecule has 0 saturated carbocycles. The fourth-order valence-electron chi connectivity index (χ4n) is 1.50. The summed E-state index contributed by atoms with van der Waals surface area (Å²) in [5, 5.41) is 9.34. The van der Waals surface area contributed by atoms with Gasteiger partial charge in [0.2, 0.25) is 0 Å². The Morgan fingerprint density at radius 1 is 1.62 bits per heavy atom. The highest BCUT2D eigenvalue weighted by atomic mass is 35.5. The molecular formula is C11H10ClNO3. The molecule has 1 unspecified atom stereocenters. The van der Waals surface area contributed by atoms with Crippen LogP contribution in [0.5, 0.6) is 0 Å². The van der Waals surface area contributed by atoms with Crippen molar-refractivity contribution in [2.24, 2.45) is 5.92 Å². The number of hydrogen-bond donors (Lipinski definition) is 1. The minimum Gasteiger partial charge on any atom is -0.481 e. The Morgan fingerprint density at radius 3 is 3.06 bits per heavy atom. The number of aromatic nitrogens is 1. The Kier molecular flexibility index (Phi) is 2.83. The number of oxazole rings is 1. The largest absolute Gasteiger partial charge is 0.481 e. The van der Waals surface area contributed by atoms with Crippen LogP contribution in [-0.4, -0.2) is 16.1 Å². The molecule has 1 atom stereocenters. The van der Waals surface area contributed by atoms with E-state index in [0.717, 1.165) is 5.56 Å². The van der Waals surface area contributed by atoms with E-state index >= 15 is 0 Å². The summed E-state index contributed by atoms with van der Waals surface area (Å²) in [7, 11) is 0. The van der Waals surface area contributed by atoms with Crippen molar-refractivity contribution in [2.75, 3.05) is 0 Å². The third-order valence-electron chi connectivity index (χ3n) is 2.45. The number of carboxylic acids is 1. The lowest BCUT2D eigenvalue weighted by atomic mass is 10.0. The van der Waals surface area contributed by atoms with E-state index in [0.29, 0.717) is 22.5 Å². The Morgan fingerprint density at radius 2 is 2.38 bits per heavy atom. The quantitative estimate of drug-likeness (QED) is 0.895. The summed E-state index contributed by atoms with van der Waals surface area (Å²) >= 11 is 6.03. The number of aliphatic carboxylic acids is 1. The zero-order valence-electron chi connectivity index (χ0n) is 8.61. The van der Waals surface area contributed by atoms with Gasteiger partial charge in [-0.3, -0.25) is 4.79 Å². The zero-order valence-corrected chi connectivity index (χ0v) is 9.36. The zero-order chi connectivity index (χ0) is 11.7. The number of halogens is 1. The van der Waals surface area contributed by atoms with Gasteiger partial charge in [0, 0.05) is 11.1 Å². The van der Waals surface area contributed by atoms with E-state index in [2.05, 4.69) is 4.98 Å². The third kappa shape index (κ3) is 2.02. The lowest BCUT2D eigenvalue weighted by Crippen LogP contribution is -2.12. The van der Waals surface area contributed by atoms with Gasteiger partial charge >= 0.3 is 5.97 Å². The molecule has 1 N–H and O–H groups in total. The molecule has 1 heterocycles. The highest BCUT2D eigenvalue weighted by Gasteiger charge is 2.15. The maximum atomic E-state index is 10.8. The molecule has 2 aromatic rings. The van der Waals surface area contributed by atoms with Crippen molar-refractivity contribution in [3.8, 4) is 0 Å². The standard InChI is InChI=1S/C11H10ClNO3/c1-6(11(14)15)2-7-3-9-10(4-8(7)12)16-5-13-9/h3-6H,2H2,1H3,(H,14,15). The van der Waals surface area contributed by atoms with Gasteiger partial charge in [-0.1, -0.05) is 18.5 Å². The van der Waals surface area contributed by atoms with Crippen molar-refractivity contribution in [3.05, 3.63) is 29.1 Å². The fraction of sp³-hybridized carbons (Fsp3) is 0.273. The van der Waals surface area contributed by atoms with Crippen LogP contribution < -0.4 is 0 Å². The topological polar surface area (TPSA) is 63.3 Å². The SMILES string of the molecule is CC(Cc1cc2ncoc2cc1Cl)C(=O)O. The lowest BCUT2D eigenvalue weighted by molar-refractivity contribution is -0.141. The summed E-state index contributed by atoms with van der Waals surface area (Å²) in [6.07, 6.45) is 1.72. The second-order valence-corrected chi connectivity index (χ2v) is 4.11. The van der Waals surface area contributed by atoms with Gasteiger partial charge in [-0.25, -0.2) is 4.98 Å². The van der Waals surface area contributed by atoms with Crippen LogP contribution in [0.25, 0.3) is 11.1 Å². The molecule has 0 fully saturated rings. The molecule has 1 aromatic heterocycles. The van der Waals surface area contributed by atoms with Crippen LogP contribution >= 0.6 is 11.6 Å². The van der Waals surface area contributed by atoms with E-state index < -0.39 is 11.9 Å². The van der Waals surface area contributed by atoms with Gasteiger partial charge in [0.25, 0.3) is 0 Å². The average molecular weight is 240 g/mol. The molecule has 0 spiro atoms. The predicted molar refractivity (Wildman–Crippen MR) is 59.5 cm³/mol. The van der Waals surface area contributed by atoms with E-state index in [9.17, 15) is 4.79 Å². The van der Waals surface area contributed by atoms with E-state index in [1.54, 1.807) is 19.1 Å². The number of hydrogen-bond acceptors (Lipinski definition) is 3. The summed E-state index contributed by atoms with van der Waals surface area (Å²) in [4.78, 5) is 14.8. The first-order chi connectivity index (χ1) is 7.58. The molecule has 4 nitrogen and oxygen atoms in total. The molecule has 0 aliphatic carbocycles. The lowest BCUT2D eigenvalue weighted by Gasteiger charge is -2.07. The van der Waals surface area contributed by atoms with Gasteiger partial charge in [-0.15, -0.1) is 0 Å². The first-order valence-corrected chi connectivity index (χ1v) is 5.20. The second-order valence-electron chi connectivity index (χ2n) is 3.71. The first-order valence-electron chi connectivity index (χ1n) is 4.82. The van der Waals surface area contributed by atoms with Crippen LogP contribution in [0.1, 0.15) is 12.5 Å². The Labute approximate surface area is 96.8 Å². The summed E-state index contributed by atoms with van der Waals surface area (Å²) in [6, 6.07) is 3.42. The fourth-order valence-corrected chi connectivity index (χ4v) is 1.73. The number of carboxylic acid groups (broad SMARTS) is 1. The van der Waals surface area contributed by atoms with E-state index in [-0.39, 0.29) is 0 Å². The Balaban J connectivity index is 2.36. The molecule has 0 radical (unpaired) electrons. The molecule has 5 heteroatoms. The first kappa shape index (κ1) is 11.0. The predicted octanol–water partition coefficient (Wildman–Crippen LogP) is 2.74. The third-order valence-corrected chi connectivity index (χ3v) is 2.80. The molecule has 16 heavy (non-hydrogen) atoms. The van der Waals surface area contributed by atoms with E-state index in [1.165, 1.54) is 6.39 Å². The van der Waals surface area contributed by atoms with Crippen LogP contribution in [0.15, 0.2) is 22.9 Å². The molecule has 2 rings (SSSR count). The second kappa shape index (κ2) is 4.14. The average Bonchev–Trinajstić information content (AvgIpc) is 2.65. The maximum Gasteiger partial charge on any atom is 0.306 e. The smallest absolute Gasteiger partial charge is 0.306 e. The number of rotatable bonds is 3. The normalized spacial score (nSPS) is 12.9. The van der Waals surface area contributed by atoms with Crippen LogP contribution in [0, 0.1) is 5.92 Å². The van der Waals surface area contributed by atoms with E-state index in [4.69, 9.17) is 21.1 Å². The highest BCUT2D eigenvalue weighted by molar-refractivity contribution is 6.32. The van der Waals surface area contributed by atoms with Gasteiger partial charge in [0.15, 0.2) is 12.0 Å². The molecule has 0 bridgehead atoms. The van der Waals surface area contributed by atoms with Crippen LogP contribution in [0.2, 0.25) is 5.02 Å². The molecule has 84 valence electrons. The summed E-state index contributed by atoms with van der Waals surface area (Å²) in [6.45, 7) is 1.64. The van der Waals surface area contributed by atoms with Gasteiger partial charge in [-0.05, 0) is 18.1 Å². The van der Waals surface area contributed by atoms with Crippen molar-refractivity contribution in [1.82, 2.24) is 4.98 Å². The van der Waals surface area contributed by atoms with Crippen molar-refractivity contribution in [1.29, 1.82) is 0 Å². The highest BCUT2D eigenvalue weighted by Crippen LogP contribution is 2.25. The van der Waals surface area contributed by atoms with Gasteiger partial charge in [0.05, 0.1) is 5.92 Å². The number of carbonyl (C=O) groups is 1. The Bertz CT molecular complexity index is 535. The number of fused-ring (bicyclic) bond motifs is 1. The molecule has 0 aliphatic rings. The molecule has 0 saturated heterocycles. The van der Waals surface area contributed by atoms with Crippen molar-refractivity contribution in [2.45, 2.75) is 13.3 Å². The summed E-state index contributed by atoms with van der Waals surface area (Å²) in [5.74, 6) is -1.31. The molecule has 0 aliphatic heterocycles. The van der Waals surface area contributed by atoms with Crippen LogP contribution in [-0.2, 0) is 11.2 Å². The molecule has 0 amide bonds. The minimum atomic E-state index is -0.837. The van der Waals surface area contributed by atoms with Crippen LogP contribution in [0.4, 0.5) is 0 Å². The summed E-state index contributed by atoms with van der Waals surface area (Å²) in [5.41, 5.74) is 2.08.